The van der Waals surface area contributed by atoms with Crippen LogP contribution in [-0.2, 0) is 10.3 Å². The molecule has 6 heteroatoms. The molecule has 0 aromatic carbocycles. The van der Waals surface area contributed by atoms with Gasteiger partial charge in [0.2, 0.25) is 0 Å². The lowest BCUT2D eigenvalue weighted by Crippen LogP contribution is -2.34. The smallest absolute Gasteiger partial charge is 0.304 e. The van der Waals surface area contributed by atoms with E-state index in [1.54, 1.807) is 23.9 Å². The summed E-state index contributed by atoms with van der Waals surface area (Å²) < 4.78 is 1.61. The van der Waals surface area contributed by atoms with E-state index >= 15 is 0 Å². The van der Waals surface area contributed by atoms with Gasteiger partial charge in [0, 0.05) is 23.2 Å². The highest BCUT2D eigenvalue weighted by Gasteiger charge is 2.18. The number of aromatic nitrogens is 2. The number of rotatable bonds is 4. The lowest BCUT2D eigenvalue weighted by Gasteiger charge is -2.22. The van der Waals surface area contributed by atoms with Gasteiger partial charge in [0.05, 0.1) is 6.42 Å². The minimum absolute atomic E-state index is 0.0101. The van der Waals surface area contributed by atoms with Crippen LogP contribution in [0.2, 0.25) is 0 Å². The summed E-state index contributed by atoms with van der Waals surface area (Å²) in [7, 11) is 0. The van der Waals surface area contributed by atoms with Crippen LogP contribution in [0.5, 0.6) is 0 Å². The Kier molecular flexibility index (Phi) is 4.56. The van der Waals surface area contributed by atoms with Crippen LogP contribution in [0.3, 0.4) is 0 Å². The van der Waals surface area contributed by atoms with Gasteiger partial charge in [-0.25, -0.2) is 4.98 Å². The first-order valence-corrected chi connectivity index (χ1v) is 6.56. The quantitative estimate of drug-likeness (QED) is 0.847. The molecule has 0 saturated carbocycles. The predicted molar refractivity (Wildman–Crippen MR) is 71.1 cm³/mol. The Hall–Kier alpha value is -1.30. The van der Waals surface area contributed by atoms with Gasteiger partial charge in [-0.15, -0.1) is 0 Å². The van der Waals surface area contributed by atoms with E-state index in [0.717, 1.165) is 0 Å². The number of carboxylic acid groups (broad SMARTS) is 1. The highest BCUT2D eigenvalue weighted by Crippen LogP contribution is 2.21. The third-order valence-corrected chi connectivity index (χ3v) is 3.38. The van der Waals surface area contributed by atoms with Gasteiger partial charge >= 0.3 is 5.97 Å². The highest BCUT2D eigenvalue weighted by atomic mass is 32.2. The van der Waals surface area contributed by atoms with Gasteiger partial charge in [-0.2, -0.15) is 0 Å². The normalized spacial score (nSPS) is 13.3. The van der Waals surface area contributed by atoms with Crippen LogP contribution in [0.4, 0.5) is 0 Å². The third kappa shape index (κ3) is 3.87. The maximum atomic E-state index is 12.2. The molecule has 0 amide bonds. The Morgan fingerprint density at radius 3 is 2.67 bits per heavy atom. The van der Waals surface area contributed by atoms with E-state index in [1.165, 1.54) is 11.8 Å². The van der Waals surface area contributed by atoms with Crippen LogP contribution in [0.25, 0.3) is 0 Å². The van der Waals surface area contributed by atoms with Crippen LogP contribution in [0.1, 0.15) is 34.1 Å². The van der Waals surface area contributed by atoms with Crippen molar-refractivity contribution in [1.29, 1.82) is 0 Å². The molecule has 0 radical (unpaired) electrons. The lowest BCUT2D eigenvalue weighted by molar-refractivity contribution is -0.136. The zero-order valence-electron chi connectivity index (χ0n) is 11.0. The molecule has 1 heterocycles. The largest absolute Gasteiger partial charge is 0.481 e. The van der Waals surface area contributed by atoms with Gasteiger partial charge in [-0.05, 0) is 20.8 Å². The van der Waals surface area contributed by atoms with Crippen molar-refractivity contribution in [2.45, 2.75) is 49.9 Å². The van der Waals surface area contributed by atoms with Crippen molar-refractivity contribution in [3.8, 4) is 0 Å². The van der Waals surface area contributed by atoms with Crippen LogP contribution >= 0.6 is 11.8 Å². The lowest BCUT2D eigenvalue weighted by atomic mass is 10.1. The maximum Gasteiger partial charge on any atom is 0.304 e. The molecule has 0 aliphatic carbocycles. The summed E-state index contributed by atoms with van der Waals surface area (Å²) in [6, 6.07) is 0. The first kappa shape index (κ1) is 14.8. The fourth-order valence-corrected chi connectivity index (χ4v) is 2.41. The minimum Gasteiger partial charge on any atom is -0.481 e. The molecule has 0 saturated heterocycles. The van der Waals surface area contributed by atoms with Gasteiger partial charge in [-0.3, -0.25) is 9.59 Å². The molecule has 1 aromatic rings. The molecule has 0 fully saturated rings. The molecular weight excluding hydrogens is 252 g/mol. The summed E-state index contributed by atoms with van der Waals surface area (Å²) in [6.07, 6.45) is 3.23. The summed E-state index contributed by atoms with van der Waals surface area (Å²) in [6.45, 7) is 7.57. The molecule has 5 nitrogen and oxygen atoms in total. The summed E-state index contributed by atoms with van der Waals surface area (Å²) in [4.78, 5) is 26.8. The van der Waals surface area contributed by atoms with E-state index in [2.05, 4.69) is 4.98 Å². The number of carbonyl (C=O) groups is 1. The number of thioether (sulfide) groups is 1. The SMILES string of the molecule is CC(CC(=O)O)Sc1nccn(C(C)(C)C)c1=O. The molecule has 1 aromatic heterocycles. The zero-order valence-corrected chi connectivity index (χ0v) is 11.8. The Morgan fingerprint density at radius 2 is 2.17 bits per heavy atom. The second kappa shape index (κ2) is 5.56. The number of hydrogen-bond donors (Lipinski definition) is 1. The summed E-state index contributed by atoms with van der Waals surface area (Å²) in [5.41, 5.74) is -0.488. The monoisotopic (exact) mass is 270 g/mol. The molecule has 0 aliphatic heterocycles. The van der Waals surface area contributed by atoms with Gasteiger partial charge in [-0.1, -0.05) is 18.7 Å². The fourth-order valence-electron chi connectivity index (χ4n) is 1.48. The maximum absolute atomic E-state index is 12.2. The molecule has 0 aliphatic rings. The number of nitrogens with zero attached hydrogens (tertiary/aromatic N) is 2. The predicted octanol–water partition coefficient (Wildman–Crippen LogP) is 1.95. The van der Waals surface area contributed by atoms with Crippen LogP contribution < -0.4 is 5.56 Å². The first-order chi connectivity index (χ1) is 8.21. The van der Waals surface area contributed by atoms with Crippen molar-refractivity contribution in [3.05, 3.63) is 22.7 Å². The molecule has 1 unspecified atom stereocenters. The standard InChI is InChI=1S/C12H18N2O3S/c1-8(7-9(15)16)18-10-11(17)14(6-5-13-10)12(2,3)4/h5-6,8H,7H2,1-4H3,(H,15,16). The Labute approximate surface area is 110 Å². The van der Waals surface area contributed by atoms with Gasteiger partial charge in [0.1, 0.15) is 0 Å². The minimum atomic E-state index is -0.873. The van der Waals surface area contributed by atoms with Gasteiger partial charge in [0.25, 0.3) is 5.56 Å². The second-order valence-corrected chi connectivity index (χ2v) is 6.53. The van der Waals surface area contributed by atoms with E-state index in [-0.39, 0.29) is 22.8 Å². The molecule has 0 bridgehead atoms. The third-order valence-electron chi connectivity index (χ3n) is 2.31. The van der Waals surface area contributed by atoms with Crippen molar-refractivity contribution in [1.82, 2.24) is 9.55 Å². The number of hydrogen-bond acceptors (Lipinski definition) is 4. The van der Waals surface area contributed by atoms with Crippen LogP contribution in [0, 0.1) is 0 Å². The summed E-state index contributed by atoms with van der Waals surface area (Å²) >= 11 is 1.20. The summed E-state index contributed by atoms with van der Waals surface area (Å²) in [5, 5.41) is 8.86. The average Bonchev–Trinajstić information content (AvgIpc) is 2.18. The molecule has 1 rings (SSSR count). The van der Waals surface area contributed by atoms with E-state index < -0.39 is 5.97 Å². The van der Waals surface area contributed by atoms with E-state index in [0.29, 0.717) is 5.03 Å². The second-order valence-electron chi connectivity index (χ2n) is 5.10. The van der Waals surface area contributed by atoms with E-state index in [1.807, 2.05) is 20.8 Å². The van der Waals surface area contributed by atoms with Crippen molar-refractivity contribution in [2.24, 2.45) is 0 Å². The fraction of sp³-hybridized carbons (Fsp3) is 0.583. The summed E-state index contributed by atoms with van der Waals surface area (Å²) in [5.74, 6) is -0.873. The number of carboxylic acids is 1. The molecule has 18 heavy (non-hydrogen) atoms. The van der Waals surface area contributed by atoms with Crippen molar-refractivity contribution in [3.63, 3.8) is 0 Å². The average molecular weight is 270 g/mol. The molecule has 1 N–H and O–H groups in total. The van der Waals surface area contributed by atoms with Crippen LogP contribution in [0.15, 0.2) is 22.2 Å². The van der Waals surface area contributed by atoms with E-state index in [4.69, 9.17) is 5.11 Å². The molecule has 100 valence electrons. The molecular formula is C12H18N2O3S. The topological polar surface area (TPSA) is 72.2 Å². The first-order valence-electron chi connectivity index (χ1n) is 5.68. The Balaban J connectivity index is 2.98. The van der Waals surface area contributed by atoms with Gasteiger partial charge in [0.15, 0.2) is 5.03 Å². The highest BCUT2D eigenvalue weighted by molar-refractivity contribution is 7.99. The van der Waals surface area contributed by atoms with Crippen molar-refractivity contribution in [2.75, 3.05) is 0 Å². The zero-order chi connectivity index (χ0) is 13.9. The van der Waals surface area contributed by atoms with Crippen LogP contribution in [-0.4, -0.2) is 25.9 Å². The Bertz CT molecular complexity index is 491. The van der Waals surface area contributed by atoms with E-state index in [9.17, 15) is 9.59 Å². The molecule has 0 spiro atoms. The van der Waals surface area contributed by atoms with Crippen molar-refractivity contribution < 1.29 is 9.90 Å². The Morgan fingerprint density at radius 1 is 1.56 bits per heavy atom. The molecule has 1 atom stereocenters. The number of aliphatic carboxylic acids is 1. The van der Waals surface area contributed by atoms with Crippen molar-refractivity contribution >= 4 is 17.7 Å². The van der Waals surface area contributed by atoms with Gasteiger partial charge < -0.3 is 9.67 Å².